The Bertz CT molecular complexity index is 358. The van der Waals surface area contributed by atoms with Crippen LogP contribution < -0.4 is 5.32 Å². The number of carboxylic acids is 2. The summed E-state index contributed by atoms with van der Waals surface area (Å²) >= 11 is 0. The highest BCUT2D eigenvalue weighted by Crippen LogP contribution is 2.15. The third kappa shape index (κ3) is 1.46. The molecule has 0 aliphatic carbocycles. The summed E-state index contributed by atoms with van der Waals surface area (Å²) in [5, 5.41) is 20.1. The van der Waals surface area contributed by atoms with Gasteiger partial charge in [0.1, 0.15) is 0 Å². The number of aliphatic carboxylic acids is 2. The summed E-state index contributed by atoms with van der Waals surface area (Å²) in [6.07, 6.45) is 1.38. The van der Waals surface area contributed by atoms with Crippen molar-refractivity contribution in [2.45, 2.75) is 19.4 Å². The van der Waals surface area contributed by atoms with Crippen LogP contribution in [0.3, 0.4) is 0 Å². The maximum Gasteiger partial charge on any atom is 0.353 e. The second kappa shape index (κ2) is 3.13. The second-order valence-corrected chi connectivity index (χ2v) is 3.13. The molecular weight excluding hydrogens is 188 g/mol. The summed E-state index contributed by atoms with van der Waals surface area (Å²) in [7, 11) is 0. The monoisotopic (exact) mass is 198 g/mol. The van der Waals surface area contributed by atoms with Gasteiger partial charge in [-0.1, -0.05) is 0 Å². The zero-order valence-electron chi connectivity index (χ0n) is 7.74. The topological polar surface area (TPSA) is 99.0 Å². The molecule has 1 unspecified atom stereocenters. The van der Waals surface area contributed by atoms with Crippen molar-refractivity contribution in [1.29, 1.82) is 0 Å². The first-order valence-electron chi connectivity index (χ1n) is 3.88. The van der Waals surface area contributed by atoms with Crippen molar-refractivity contribution in [3.63, 3.8) is 0 Å². The van der Waals surface area contributed by atoms with E-state index in [-0.39, 0.29) is 0 Å². The van der Waals surface area contributed by atoms with Crippen LogP contribution in [0, 0.1) is 0 Å². The summed E-state index contributed by atoms with van der Waals surface area (Å²) in [6.45, 7) is 2.84. The van der Waals surface area contributed by atoms with Crippen LogP contribution in [0.15, 0.2) is 16.9 Å². The fraction of sp³-hybridized carbons (Fsp3) is 0.375. The van der Waals surface area contributed by atoms with E-state index >= 15 is 0 Å². The van der Waals surface area contributed by atoms with Gasteiger partial charge in [-0.05, 0) is 13.8 Å². The quantitative estimate of drug-likeness (QED) is 0.571. The van der Waals surface area contributed by atoms with E-state index < -0.39 is 23.2 Å². The average Bonchev–Trinajstić information content (AvgIpc) is 2.08. The van der Waals surface area contributed by atoms with Crippen molar-refractivity contribution in [2.75, 3.05) is 0 Å². The number of carboxylic acid groups (broad SMARTS) is 2. The molecule has 1 aliphatic heterocycles. The molecule has 1 heterocycles. The first-order chi connectivity index (χ1) is 6.38. The Morgan fingerprint density at radius 3 is 2.50 bits per heavy atom. The Morgan fingerprint density at radius 2 is 2.07 bits per heavy atom. The van der Waals surface area contributed by atoms with Gasteiger partial charge in [-0.15, -0.1) is 0 Å². The van der Waals surface area contributed by atoms with Gasteiger partial charge in [0.05, 0.1) is 5.70 Å². The van der Waals surface area contributed by atoms with Crippen molar-refractivity contribution in [3.8, 4) is 0 Å². The van der Waals surface area contributed by atoms with Gasteiger partial charge in [0.2, 0.25) is 0 Å². The molecule has 0 bridgehead atoms. The van der Waals surface area contributed by atoms with Crippen LogP contribution in [0.4, 0.5) is 0 Å². The molecule has 0 radical (unpaired) electrons. The first-order valence-corrected chi connectivity index (χ1v) is 3.88. The van der Waals surface area contributed by atoms with Crippen LogP contribution in [-0.4, -0.2) is 33.4 Å². The molecule has 0 saturated carbocycles. The molecule has 6 nitrogen and oxygen atoms in total. The van der Waals surface area contributed by atoms with Crippen LogP contribution in [0.2, 0.25) is 0 Å². The minimum absolute atomic E-state index is 0.412. The standard InChI is InChI=1S/C8H10N2O4/c1-4-3-9-8(2,7(13)14)5(10-4)6(11)12/h3,9H,1-2H3,(H,11,12)(H,13,14). The summed E-state index contributed by atoms with van der Waals surface area (Å²) in [4.78, 5) is 25.3. The zero-order valence-corrected chi connectivity index (χ0v) is 7.74. The van der Waals surface area contributed by atoms with E-state index in [4.69, 9.17) is 10.2 Å². The number of nitrogens with one attached hydrogen (secondary N) is 1. The number of rotatable bonds is 2. The Balaban J connectivity index is 3.20. The van der Waals surface area contributed by atoms with Gasteiger partial charge in [0.25, 0.3) is 0 Å². The molecule has 14 heavy (non-hydrogen) atoms. The molecule has 0 fully saturated rings. The molecule has 0 amide bonds. The number of carbonyl (C=O) groups is 2. The van der Waals surface area contributed by atoms with Gasteiger partial charge in [0, 0.05) is 6.20 Å². The Kier molecular flexibility index (Phi) is 2.29. The Morgan fingerprint density at radius 1 is 1.50 bits per heavy atom. The molecule has 0 aromatic carbocycles. The van der Waals surface area contributed by atoms with Gasteiger partial charge in [-0.2, -0.15) is 0 Å². The number of hydrogen-bond acceptors (Lipinski definition) is 4. The Hall–Kier alpha value is -1.85. The SMILES string of the molecule is CC1=CNC(C)(C(=O)O)C(C(=O)O)=N1. The van der Waals surface area contributed by atoms with Crippen molar-refractivity contribution in [2.24, 2.45) is 4.99 Å². The van der Waals surface area contributed by atoms with E-state index in [1.165, 1.54) is 13.1 Å². The molecule has 1 atom stereocenters. The van der Waals surface area contributed by atoms with Gasteiger partial charge in [-0.3, -0.25) is 0 Å². The summed E-state index contributed by atoms with van der Waals surface area (Å²) < 4.78 is 0. The summed E-state index contributed by atoms with van der Waals surface area (Å²) in [6, 6.07) is 0. The van der Waals surface area contributed by atoms with Gasteiger partial charge < -0.3 is 15.5 Å². The maximum absolute atomic E-state index is 10.9. The molecule has 0 aromatic rings. The van der Waals surface area contributed by atoms with Crippen molar-refractivity contribution < 1.29 is 19.8 Å². The molecular formula is C8H10N2O4. The third-order valence-corrected chi connectivity index (χ3v) is 1.96. The van der Waals surface area contributed by atoms with Crippen molar-refractivity contribution >= 4 is 17.7 Å². The van der Waals surface area contributed by atoms with E-state index in [0.29, 0.717) is 5.70 Å². The lowest BCUT2D eigenvalue weighted by molar-refractivity contribution is -0.142. The highest BCUT2D eigenvalue weighted by molar-refractivity contribution is 6.44. The predicted octanol–water partition coefficient (Wildman–Crippen LogP) is -0.180. The van der Waals surface area contributed by atoms with Crippen LogP contribution in [-0.2, 0) is 9.59 Å². The highest BCUT2D eigenvalue weighted by atomic mass is 16.4. The van der Waals surface area contributed by atoms with E-state index in [2.05, 4.69) is 10.3 Å². The number of nitrogens with zero attached hydrogens (tertiary/aromatic N) is 1. The summed E-state index contributed by atoms with van der Waals surface area (Å²) in [5.74, 6) is -2.61. The van der Waals surface area contributed by atoms with Gasteiger partial charge in [0.15, 0.2) is 11.3 Å². The lowest BCUT2D eigenvalue weighted by Gasteiger charge is -2.27. The minimum Gasteiger partial charge on any atom is -0.479 e. The number of aliphatic imine (C=N–C) groups is 1. The zero-order chi connectivity index (χ0) is 10.9. The lowest BCUT2D eigenvalue weighted by Crippen LogP contribution is -2.57. The van der Waals surface area contributed by atoms with Crippen LogP contribution in [0.1, 0.15) is 13.8 Å². The average molecular weight is 198 g/mol. The van der Waals surface area contributed by atoms with E-state index in [0.717, 1.165) is 0 Å². The molecule has 0 aromatic heterocycles. The third-order valence-electron chi connectivity index (χ3n) is 1.96. The van der Waals surface area contributed by atoms with Crippen molar-refractivity contribution in [3.05, 3.63) is 11.9 Å². The second-order valence-electron chi connectivity index (χ2n) is 3.13. The smallest absolute Gasteiger partial charge is 0.353 e. The van der Waals surface area contributed by atoms with Crippen LogP contribution in [0.25, 0.3) is 0 Å². The molecule has 76 valence electrons. The molecule has 0 saturated heterocycles. The highest BCUT2D eigenvalue weighted by Gasteiger charge is 2.43. The molecule has 3 N–H and O–H groups in total. The Labute approximate surface area is 80.0 Å². The fourth-order valence-corrected chi connectivity index (χ4v) is 1.06. The minimum atomic E-state index is -1.66. The predicted molar refractivity (Wildman–Crippen MR) is 48.0 cm³/mol. The normalized spacial score (nSPS) is 25.9. The number of allylic oxidation sites excluding steroid dienone is 1. The van der Waals surface area contributed by atoms with Crippen LogP contribution in [0.5, 0.6) is 0 Å². The fourth-order valence-electron chi connectivity index (χ4n) is 1.06. The van der Waals surface area contributed by atoms with Gasteiger partial charge in [-0.25, -0.2) is 14.6 Å². The first kappa shape index (κ1) is 10.2. The van der Waals surface area contributed by atoms with Crippen molar-refractivity contribution in [1.82, 2.24) is 5.32 Å². The van der Waals surface area contributed by atoms with Gasteiger partial charge >= 0.3 is 11.9 Å². The molecule has 1 rings (SSSR count). The van der Waals surface area contributed by atoms with E-state index in [9.17, 15) is 9.59 Å². The molecule has 1 aliphatic rings. The summed E-state index contributed by atoms with van der Waals surface area (Å²) in [5.41, 5.74) is -1.64. The largest absolute Gasteiger partial charge is 0.479 e. The maximum atomic E-state index is 10.9. The number of hydrogen-bond donors (Lipinski definition) is 3. The van der Waals surface area contributed by atoms with Crippen LogP contribution >= 0.6 is 0 Å². The molecule has 6 heteroatoms. The van der Waals surface area contributed by atoms with E-state index in [1.54, 1.807) is 6.92 Å². The lowest BCUT2D eigenvalue weighted by atomic mass is 9.94. The molecule has 0 spiro atoms. The van der Waals surface area contributed by atoms with E-state index in [1.807, 2.05) is 0 Å².